The van der Waals surface area contributed by atoms with E-state index in [2.05, 4.69) is 4.98 Å². The molecule has 0 aliphatic carbocycles. The van der Waals surface area contributed by atoms with E-state index in [1.54, 1.807) is 12.1 Å². The molecule has 0 saturated carbocycles. The average Bonchev–Trinajstić information content (AvgIpc) is 2.57. The van der Waals surface area contributed by atoms with Gasteiger partial charge in [0.25, 0.3) is 0 Å². The molecule has 1 aromatic heterocycles. The van der Waals surface area contributed by atoms with Crippen molar-refractivity contribution >= 4 is 20.7 Å². The molecule has 3 rings (SSSR count). The van der Waals surface area contributed by atoms with Gasteiger partial charge in [0.1, 0.15) is 4.90 Å². The number of fused-ring (bicyclic) bond motifs is 1. The number of rotatable bonds is 3. The number of sulfone groups is 1. The third-order valence-corrected chi connectivity index (χ3v) is 5.59. The number of hydrogen-bond donors (Lipinski definition) is 1. The second-order valence-electron chi connectivity index (χ2n) is 5.29. The van der Waals surface area contributed by atoms with Crippen LogP contribution in [0.5, 0.6) is 0 Å². The van der Waals surface area contributed by atoms with E-state index >= 15 is 0 Å². The number of aromatic nitrogens is 1. The van der Waals surface area contributed by atoms with Gasteiger partial charge < -0.3 is 4.98 Å². The van der Waals surface area contributed by atoms with E-state index in [0.29, 0.717) is 6.07 Å². The number of pyridine rings is 1. The van der Waals surface area contributed by atoms with Crippen LogP contribution in [0.1, 0.15) is 12.5 Å². The number of aryl methyl sites for hydroxylation is 1. The fourth-order valence-corrected chi connectivity index (χ4v) is 3.74. The van der Waals surface area contributed by atoms with Gasteiger partial charge in [-0.15, -0.1) is 0 Å². The highest BCUT2D eigenvalue weighted by atomic mass is 32.2. The molecule has 0 aliphatic heterocycles. The molecule has 0 bridgehead atoms. The van der Waals surface area contributed by atoms with Crippen LogP contribution in [-0.4, -0.2) is 13.4 Å². The lowest BCUT2D eigenvalue weighted by Gasteiger charge is -2.07. The molecule has 4 nitrogen and oxygen atoms in total. The summed E-state index contributed by atoms with van der Waals surface area (Å²) in [5.74, 6) is -2.33. The Kier molecular flexibility index (Phi) is 3.96. The Morgan fingerprint density at radius 1 is 1.04 bits per heavy atom. The van der Waals surface area contributed by atoms with E-state index in [0.717, 1.165) is 24.2 Å². The van der Waals surface area contributed by atoms with Crippen molar-refractivity contribution in [1.29, 1.82) is 0 Å². The first-order valence-electron chi connectivity index (χ1n) is 7.19. The molecule has 0 unspecified atom stereocenters. The fourth-order valence-electron chi connectivity index (χ4n) is 2.43. The van der Waals surface area contributed by atoms with Gasteiger partial charge >= 0.3 is 0 Å². The van der Waals surface area contributed by atoms with Crippen LogP contribution in [0.25, 0.3) is 10.9 Å². The summed E-state index contributed by atoms with van der Waals surface area (Å²) in [7, 11) is -4.07. The van der Waals surface area contributed by atoms with Gasteiger partial charge in [0.15, 0.2) is 11.6 Å². The van der Waals surface area contributed by atoms with Crippen molar-refractivity contribution in [3.63, 3.8) is 0 Å². The highest BCUT2D eigenvalue weighted by Crippen LogP contribution is 2.21. The van der Waals surface area contributed by atoms with Gasteiger partial charge in [0.2, 0.25) is 15.3 Å². The Labute approximate surface area is 136 Å². The summed E-state index contributed by atoms with van der Waals surface area (Å²) in [6.07, 6.45) is 1.76. The zero-order valence-corrected chi connectivity index (χ0v) is 13.5. The van der Waals surface area contributed by atoms with Gasteiger partial charge in [-0.2, -0.15) is 0 Å². The van der Waals surface area contributed by atoms with Crippen LogP contribution < -0.4 is 5.43 Å². The minimum atomic E-state index is -4.07. The van der Waals surface area contributed by atoms with E-state index in [-0.39, 0.29) is 15.8 Å². The number of aromatic amines is 1. The monoisotopic (exact) mass is 349 g/mol. The largest absolute Gasteiger partial charge is 0.360 e. The average molecular weight is 349 g/mol. The summed E-state index contributed by atoms with van der Waals surface area (Å²) in [5.41, 5.74) is 0.111. The van der Waals surface area contributed by atoms with Crippen molar-refractivity contribution in [2.75, 3.05) is 0 Å². The maximum absolute atomic E-state index is 13.4. The summed E-state index contributed by atoms with van der Waals surface area (Å²) in [6, 6.07) is 7.68. The summed E-state index contributed by atoms with van der Waals surface area (Å²) >= 11 is 0. The van der Waals surface area contributed by atoms with Crippen molar-refractivity contribution in [2.45, 2.75) is 23.1 Å². The fraction of sp³-hybridized carbons (Fsp3) is 0.118. The summed E-state index contributed by atoms with van der Waals surface area (Å²) < 4.78 is 51.9. The smallest absolute Gasteiger partial charge is 0.211 e. The van der Waals surface area contributed by atoms with Crippen LogP contribution in [0.4, 0.5) is 8.78 Å². The first-order valence-corrected chi connectivity index (χ1v) is 8.67. The van der Waals surface area contributed by atoms with Crippen molar-refractivity contribution in [3.05, 3.63) is 70.0 Å². The Balaban J connectivity index is 2.22. The molecule has 7 heteroatoms. The van der Waals surface area contributed by atoms with Crippen LogP contribution in [0.3, 0.4) is 0 Å². The Morgan fingerprint density at radius 3 is 2.29 bits per heavy atom. The van der Waals surface area contributed by atoms with Gasteiger partial charge in [0, 0.05) is 17.6 Å². The lowest BCUT2D eigenvalue weighted by atomic mass is 10.2. The van der Waals surface area contributed by atoms with Crippen LogP contribution in [0.15, 0.2) is 57.2 Å². The topological polar surface area (TPSA) is 67.0 Å². The van der Waals surface area contributed by atoms with Crippen LogP contribution in [-0.2, 0) is 16.3 Å². The van der Waals surface area contributed by atoms with Crippen molar-refractivity contribution < 1.29 is 17.2 Å². The molecule has 24 heavy (non-hydrogen) atoms. The van der Waals surface area contributed by atoms with Gasteiger partial charge in [-0.25, -0.2) is 17.2 Å². The summed E-state index contributed by atoms with van der Waals surface area (Å²) in [6.45, 7) is 1.94. The van der Waals surface area contributed by atoms with Gasteiger partial charge in [-0.3, -0.25) is 4.79 Å². The van der Waals surface area contributed by atoms with Gasteiger partial charge in [-0.05, 0) is 30.2 Å². The number of H-pyrrole nitrogens is 1. The van der Waals surface area contributed by atoms with Crippen molar-refractivity contribution in [2.24, 2.45) is 0 Å². The van der Waals surface area contributed by atoms with Crippen molar-refractivity contribution in [3.8, 4) is 0 Å². The molecule has 0 spiro atoms. The third kappa shape index (κ3) is 2.60. The summed E-state index contributed by atoms with van der Waals surface area (Å²) in [4.78, 5) is 14.4. The molecule has 0 saturated heterocycles. The van der Waals surface area contributed by atoms with Crippen LogP contribution >= 0.6 is 0 Å². The molecular weight excluding hydrogens is 336 g/mol. The maximum Gasteiger partial charge on any atom is 0.211 e. The highest BCUT2D eigenvalue weighted by Gasteiger charge is 2.23. The SMILES string of the molecule is CCc1ccc(S(=O)(=O)c2c[nH]c3cc(F)c(F)cc3c2=O)cc1. The van der Waals surface area contributed by atoms with E-state index < -0.39 is 31.8 Å². The molecule has 0 atom stereocenters. The predicted molar refractivity (Wildman–Crippen MR) is 85.8 cm³/mol. The molecule has 0 radical (unpaired) electrons. The van der Waals surface area contributed by atoms with E-state index in [4.69, 9.17) is 0 Å². The Hall–Kier alpha value is -2.54. The third-order valence-electron chi connectivity index (χ3n) is 3.82. The molecule has 0 amide bonds. The zero-order chi connectivity index (χ0) is 17.5. The molecule has 2 aromatic carbocycles. The minimum Gasteiger partial charge on any atom is -0.360 e. The molecule has 124 valence electrons. The lowest BCUT2D eigenvalue weighted by Crippen LogP contribution is -2.16. The van der Waals surface area contributed by atoms with Gasteiger partial charge in [-0.1, -0.05) is 19.1 Å². The molecule has 1 heterocycles. The Bertz CT molecular complexity index is 1090. The standard InChI is InChI=1S/C17H13F2NO3S/c1-2-10-3-5-11(6-4-10)24(22,23)16-9-20-15-8-14(19)13(18)7-12(15)17(16)21/h3-9H,2H2,1H3,(H,20,21). The van der Waals surface area contributed by atoms with E-state index in [1.165, 1.54) is 12.1 Å². The molecule has 1 N–H and O–H groups in total. The first kappa shape index (κ1) is 16.3. The van der Waals surface area contributed by atoms with Crippen LogP contribution in [0.2, 0.25) is 0 Å². The zero-order valence-electron chi connectivity index (χ0n) is 12.6. The minimum absolute atomic E-state index is 0.0270. The predicted octanol–water partition coefficient (Wildman–Crippen LogP) is 3.20. The number of benzene rings is 2. The molecule has 0 aliphatic rings. The lowest BCUT2D eigenvalue weighted by molar-refractivity contribution is 0.510. The second-order valence-corrected chi connectivity index (χ2v) is 7.21. The van der Waals surface area contributed by atoms with Crippen molar-refractivity contribution in [1.82, 2.24) is 4.98 Å². The highest BCUT2D eigenvalue weighted by molar-refractivity contribution is 7.91. The van der Waals surface area contributed by atoms with Crippen LogP contribution in [0, 0.1) is 11.6 Å². The van der Waals surface area contributed by atoms with Gasteiger partial charge in [0.05, 0.1) is 10.4 Å². The summed E-state index contributed by atoms with van der Waals surface area (Å²) in [5, 5.41) is -0.222. The second kappa shape index (κ2) is 5.83. The normalized spacial score (nSPS) is 11.8. The molecule has 3 aromatic rings. The van der Waals surface area contributed by atoms with E-state index in [1.807, 2.05) is 6.92 Å². The number of hydrogen-bond acceptors (Lipinski definition) is 3. The Morgan fingerprint density at radius 2 is 1.67 bits per heavy atom. The quantitative estimate of drug-likeness (QED) is 0.790. The number of halogens is 2. The first-order chi connectivity index (χ1) is 11.3. The molecule has 0 fully saturated rings. The maximum atomic E-state index is 13.4. The molecular formula is C17H13F2NO3S. The number of nitrogens with one attached hydrogen (secondary N) is 1. The van der Waals surface area contributed by atoms with E-state index in [9.17, 15) is 22.0 Å².